The molecule has 0 bridgehead atoms. The first-order chi connectivity index (χ1) is 8.63. The van der Waals surface area contributed by atoms with Gasteiger partial charge in [-0.2, -0.15) is 0 Å². The van der Waals surface area contributed by atoms with Gasteiger partial charge in [0.15, 0.2) is 4.98 Å². The summed E-state index contributed by atoms with van der Waals surface area (Å²) < 4.78 is 0. The van der Waals surface area contributed by atoms with E-state index in [1.807, 2.05) is 18.2 Å². The Kier molecular flexibility index (Phi) is 5.36. The second-order valence-electron chi connectivity index (χ2n) is 3.23. The summed E-state index contributed by atoms with van der Waals surface area (Å²) in [5.74, 6) is -1.18. The lowest BCUT2D eigenvalue weighted by Crippen LogP contribution is -2.21. The van der Waals surface area contributed by atoms with Crippen LogP contribution in [-0.4, -0.2) is 5.97 Å². The molecule has 0 aliphatic heterocycles. The minimum Gasteiger partial charge on any atom is -0.545 e. The van der Waals surface area contributed by atoms with Crippen LogP contribution in [0.5, 0.6) is 0 Å². The number of benzene rings is 2. The second kappa shape index (κ2) is 7.05. The summed E-state index contributed by atoms with van der Waals surface area (Å²) in [6, 6.07) is 14.8. The molecule has 0 saturated carbocycles. The number of hydrogen-bond acceptors (Lipinski definition) is 3. The van der Waals surface area contributed by atoms with E-state index in [1.54, 1.807) is 12.1 Å². The van der Waals surface area contributed by atoms with Crippen LogP contribution in [0.1, 0.15) is 10.4 Å². The Hall–Kier alpha value is -2.38. The maximum Gasteiger partial charge on any atom is 0.385 e. The Labute approximate surface area is 109 Å². The normalized spacial score (nSPS) is 8.67. The minimum absolute atomic E-state index is 0.143. The van der Waals surface area contributed by atoms with E-state index in [-0.39, 0.29) is 5.56 Å². The first-order valence-electron chi connectivity index (χ1n) is 5.00. The van der Waals surface area contributed by atoms with Gasteiger partial charge in [-0.3, -0.25) is 0 Å². The van der Waals surface area contributed by atoms with Crippen molar-refractivity contribution in [2.45, 2.75) is 0 Å². The monoisotopic (exact) mass is 260 g/mol. The van der Waals surface area contributed by atoms with Crippen molar-refractivity contribution in [3.63, 3.8) is 0 Å². The Bertz CT molecular complexity index is 547. The highest BCUT2D eigenvalue weighted by molar-refractivity contribution is 6.30. The Morgan fingerprint density at radius 3 is 2.00 bits per heavy atom. The largest absolute Gasteiger partial charge is 0.545 e. The summed E-state index contributed by atoms with van der Waals surface area (Å²) in [4.78, 5) is 13.1. The van der Waals surface area contributed by atoms with Gasteiger partial charge >= 0.3 is 5.69 Å². The van der Waals surface area contributed by atoms with Gasteiger partial charge in [0.05, 0.1) is 5.97 Å². The molecule has 2 rings (SSSR count). The molecule has 0 saturated heterocycles. The lowest BCUT2D eigenvalue weighted by molar-refractivity contribution is -0.255. The van der Waals surface area contributed by atoms with Crippen LogP contribution >= 0.6 is 11.6 Å². The molecule has 0 amide bonds. The standard InChI is InChI=1S/C7H5ClO2.C6H5N2/c8-6-3-1-5(2-4-6)7(9)10;7-8-6-4-2-1-3-5-6/h1-4H,(H,9,10);1-5H/q;+1/p-1. The zero-order valence-corrected chi connectivity index (χ0v) is 10.0. The summed E-state index contributed by atoms with van der Waals surface area (Å²) in [6.07, 6.45) is 0. The van der Waals surface area contributed by atoms with Crippen LogP contribution in [0.4, 0.5) is 5.69 Å². The van der Waals surface area contributed by atoms with Crippen LogP contribution in [0.2, 0.25) is 5.02 Å². The number of diazo groups is 1. The molecule has 5 heteroatoms. The van der Waals surface area contributed by atoms with E-state index in [4.69, 9.17) is 17.0 Å². The molecule has 0 atom stereocenters. The van der Waals surface area contributed by atoms with Crippen molar-refractivity contribution in [1.82, 2.24) is 0 Å². The molecule has 2 aromatic carbocycles. The molecule has 0 aliphatic carbocycles. The molecule has 0 radical (unpaired) electrons. The average molecular weight is 261 g/mol. The van der Waals surface area contributed by atoms with Gasteiger partial charge in [-0.05, 0) is 17.7 Å². The number of hydrogen-bond donors (Lipinski definition) is 0. The predicted molar refractivity (Wildman–Crippen MR) is 67.0 cm³/mol. The lowest BCUT2D eigenvalue weighted by atomic mass is 10.2. The van der Waals surface area contributed by atoms with Gasteiger partial charge in [-0.1, -0.05) is 41.9 Å². The van der Waals surface area contributed by atoms with E-state index < -0.39 is 5.97 Å². The van der Waals surface area contributed by atoms with Gasteiger partial charge < -0.3 is 9.90 Å². The van der Waals surface area contributed by atoms with E-state index in [0.717, 1.165) is 0 Å². The highest BCUT2D eigenvalue weighted by Crippen LogP contribution is 2.08. The zero-order valence-electron chi connectivity index (χ0n) is 9.29. The van der Waals surface area contributed by atoms with E-state index in [0.29, 0.717) is 10.7 Å². The highest BCUT2D eigenvalue weighted by atomic mass is 35.5. The number of nitrogens with zero attached hydrogens (tertiary/aromatic N) is 2. The predicted octanol–water partition coefficient (Wildman–Crippen LogP) is 2.87. The molecular formula is C13H9ClN2O2. The molecule has 18 heavy (non-hydrogen) atoms. The Morgan fingerprint density at radius 2 is 1.61 bits per heavy atom. The average Bonchev–Trinajstić information content (AvgIpc) is 2.41. The smallest absolute Gasteiger partial charge is 0.385 e. The molecule has 0 aromatic heterocycles. The van der Waals surface area contributed by atoms with Gasteiger partial charge in [0, 0.05) is 17.2 Å². The van der Waals surface area contributed by atoms with Crippen molar-refractivity contribution >= 4 is 23.3 Å². The van der Waals surface area contributed by atoms with Crippen molar-refractivity contribution in [3.05, 3.63) is 70.2 Å². The quantitative estimate of drug-likeness (QED) is 0.741. The molecule has 0 aliphatic rings. The number of carbonyl (C=O) groups excluding carboxylic acids is 1. The number of carboxylic acid groups (broad SMARTS) is 1. The Morgan fingerprint density at radius 1 is 1.06 bits per heavy atom. The van der Waals surface area contributed by atoms with Crippen molar-refractivity contribution in [2.24, 2.45) is 0 Å². The third kappa shape index (κ3) is 4.64. The molecule has 2 aromatic rings. The van der Waals surface area contributed by atoms with Crippen molar-refractivity contribution in [1.29, 1.82) is 5.39 Å². The molecule has 4 nitrogen and oxygen atoms in total. The fraction of sp³-hybridized carbons (Fsp3) is 0. The van der Waals surface area contributed by atoms with Crippen molar-refractivity contribution in [2.75, 3.05) is 0 Å². The van der Waals surface area contributed by atoms with E-state index in [2.05, 4.69) is 4.98 Å². The summed E-state index contributed by atoms with van der Waals surface area (Å²) in [7, 11) is 0. The fourth-order valence-corrected chi connectivity index (χ4v) is 1.21. The SMILES string of the molecule is N#[N+]c1ccccc1.O=C([O-])c1ccc(Cl)cc1. The van der Waals surface area contributed by atoms with Gasteiger partial charge in [0.1, 0.15) is 0 Å². The second-order valence-corrected chi connectivity index (χ2v) is 3.67. The number of halogens is 1. The summed E-state index contributed by atoms with van der Waals surface area (Å²) in [5.41, 5.74) is 0.733. The first kappa shape index (κ1) is 13.7. The van der Waals surface area contributed by atoms with Crippen LogP contribution in [0.25, 0.3) is 4.98 Å². The summed E-state index contributed by atoms with van der Waals surface area (Å²) in [6.45, 7) is 0. The van der Waals surface area contributed by atoms with E-state index in [9.17, 15) is 9.90 Å². The minimum atomic E-state index is -1.18. The van der Waals surface area contributed by atoms with Crippen LogP contribution in [-0.2, 0) is 0 Å². The summed E-state index contributed by atoms with van der Waals surface area (Å²) in [5, 5.41) is 18.8. The topological polar surface area (TPSA) is 68.3 Å². The maximum absolute atomic E-state index is 10.2. The van der Waals surface area contributed by atoms with E-state index >= 15 is 0 Å². The van der Waals surface area contributed by atoms with Crippen LogP contribution in [0, 0.1) is 5.39 Å². The van der Waals surface area contributed by atoms with Crippen molar-refractivity contribution in [3.8, 4) is 0 Å². The Balaban J connectivity index is 0.000000184. The number of carbonyl (C=O) groups is 1. The number of rotatable bonds is 1. The van der Waals surface area contributed by atoms with Gasteiger partial charge in [0.25, 0.3) is 0 Å². The number of carboxylic acids is 1. The molecule has 0 heterocycles. The van der Waals surface area contributed by atoms with Crippen LogP contribution in [0.15, 0.2) is 54.6 Å². The molecule has 0 fully saturated rings. The van der Waals surface area contributed by atoms with Crippen molar-refractivity contribution < 1.29 is 9.90 Å². The van der Waals surface area contributed by atoms with Crippen LogP contribution < -0.4 is 5.11 Å². The van der Waals surface area contributed by atoms with Gasteiger partial charge in [-0.15, -0.1) is 0 Å². The van der Waals surface area contributed by atoms with Crippen LogP contribution in [0.3, 0.4) is 0 Å². The number of aromatic carboxylic acids is 1. The van der Waals surface area contributed by atoms with Gasteiger partial charge in [-0.25, -0.2) is 0 Å². The highest BCUT2D eigenvalue weighted by Gasteiger charge is 1.96. The fourth-order valence-electron chi connectivity index (χ4n) is 1.08. The van der Waals surface area contributed by atoms with Gasteiger partial charge in [0.2, 0.25) is 5.39 Å². The lowest BCUT2D eigenvalue weighted by Gasteiger charge is -1.99. The maximum atomic E-state index is 10.2. The third-order valence-corrected chi connectivity index (χ3v) is 2.20. The molecule has 0 spiro atoms. The summed E-state index contributed by atoms with van der Waals surface area (Å²) >= 11 is 5.50. The first-order valence-corrected chi connectivity index (χ1v) is 5.38. The molecule has 90 valence electrons. The molecule has 0 N–H and O–H groups in total. The van der Waals surface area contributed by atoms with E-state index in [1.165, 1.54) is 24.3 Å². The third-order valence-electron chi connectivity index (χ3n) is 1.95. The zero-order chi connectivity index (χ0) is 13.4. The molecular weight excluding hydrogens is 252 g/mol. The molecule has 0 unspecified atom stereocenters.